The first kappa shape index (κ1) is 21.6. The van der Waals surface area contributed by atoms with Crippen molar-refractivity contribution in [3.8, 4) is 22.6 Å². The SMILES string of the molecule is CCCCC1CCC(COc2ccc(-c3ccc(OCC)c(F)c3F)cc2)CO1. The Morgan fingerprint density at radius 2 is 1.76 bits per heavy atom. The summed E-state index contributed by atoms with van der Waals surface area (Å²) in [6.07, 6.45) is 6.18. The van der Waals surface area contributed by atoms with Gasteiger partial charge in [-0.3, -0.25) is 0 Å². The average molecular weight is 404 g/mol. The second kappa shape index (κ2) is 10.6. The van der Waals surface area contributed by atoms with Crippen LogP contribution in [0.5, 0.6) is 11.5 Å². The van der Waals surface area contributed by atoms with Crippen molar-refractivity contribution in [1.82, 2.24) is 0 Å². The van der Waals surface area contributed by atoms with Crippen LogP contribution in [-0.2, 0) is 4.74 Å². The highest BCUT2D eigenvalue weighted by molar-refractivity contribution is 5.66. The third kappa shape index (κ3) is 5.69. The van der Waals surface area contributed by atoms with E-state index in [1.807, 2.05) is 0 Å². The van der Waals surface area contributed by atoms with E-state index in [1.54, 1.807) is 31.2 Å². The molecule has 0 radical (unpaired) electrons. The van der Waals surface area contributed by atoms with Crippen LogP contribution in [0.25, 0.3) is 11.1 Å². The second-order valence-corrected chi connectivity index (χ2v) is 7.55. The van der Waals surface area contributed by atoms with Crippen LogP contribution in [-0.4, -0.2) is 25.9 Å². The van der Waals surface area contributed by atoms with Crippen LogP contribution < -0.4 is 9.47 Å². The smallest absolute Gasteiger partial charge is 0.201 e. The van der Waals surface area contributed by atoms with Gasteiger partial charge < -0.3 is 14.2 Å². The second-order valence-electron chi connectivity index (χ2n) is 7.55. The van der Waals surface area contributed by atoms with Gasteiger partial charge in [-0.05, 0) is 56.0 Å². The van der Waals surface area contributed by atoms with Crippen LogP contribution >= 0.6 is 0 Å². The molecule has 158 valence electrons. The molecule has 2 aromatic carbocycles. The van der Waals surface area contributed by atoms with Gasteiger partial charge in [0.2, 0.25) is 5.82 Å². The van der Waals surface area contributed by atoms with E-state index in [0.717, 1.165) is 25.9 Å². The van der Waals surface area contributed by atoms with Gasteiger partial charge in [0, 0.05) is 11.5 Å². The van der Waals surface area contributed by atoms with E-state index in [2.05, 4.69) is 6.92 Å². The first-order valence-electron chi connectivity index (χ1n) is 10.6. The molecular weight excluding hydrogens is 374 g/mol. The summed E-state index contributed by atoms with van der Waals surface area (Å²) in [5.41, 5.74) is 0.799. The normalized spacial score (nSPS) is 19.2. The number of hydrogen-bond acceptors (Lipinski definition) is 3. The molecule has 0 spiro atoms. The van der Waals surface area contributed by atoms with E-state index in [1.165, 1.54) is 25.0 Å². The first-order valence-corrected chi connectivity index (χ1v) is 10.6. The van der Waals surface area contributed by atoms with Gasteiger partial charge in [0.1, 0.15) is 5.75 Å². The van der Waals surface area contributed by atoms with Crippen molar-refractivity contribution >= 4 is 0 Å². The highest BCUT2D eigenvalue weighted by atomic mass is 19.2. The molecule has 5 heteroatoms. The molecule has 1 heterocycles. The molecule has 2 aromatic rings. The van der Waals surface area contributed by atoms with E-state index in [0.29, 0.717) is 29.9 Å². The molecule has 29 heavy (non-hydrogen) atoms. The molecule has 3 rings (SSSR count). The highest BCUT2D eigenvalue weighted by Crippen LogP contribution is 2.31. The van der Waals surface area contributed by atoms with Gasteiger partial charge in [-0.15, -0.1) is 0 Å². The minimum absolute atomic E-state index is 0.0691. The van der Waals surface area contributed by atoms with Crippen molar-refractivity contribution in [3.05, 3.63) is 48.0 Å². The largest absolute Gasteiger partial charge is 0.493 e. The Labute approximate surface area is 172 Å². The summed E-state index contributed by atoms with van der Waals surface area (Å²) in [6.45, 7) is 5.56. The molecule has 0 aliphatic carbocycles. The summed E-state index contributed by atoms with van der Waals surface area (Å²) < 4.78 is 45.4. The summed E-state index contributed by atoms with van der Waals surface area (Å²) in [7, 11) is 0. The zero-order chi connectivity index (χ0) is 20.6. The molecule has 0 bridgehead atoms. The fourth-order valence-electron chi connectivity index (χ4n) is 3.62. The van der Waals surface area contributed by atoms with Gasteiger partial charge in [-0.1, -0.05) is 31.9 Å². The van der Waals surface area contributed by atoms with E-state index in [9.17, 15) is 8.78 Å². The predicted octanol–water partition coefficient (Wildman–Crippen LogP) is 6.39. The topological polar surface area (TPSA) is 27.7 Å². The first-order chi connectivity index (χ1) is 14.1. The molecule has 1 aliphatic rings. The Kier molecular flexibility index (Phi) is 7.87. The Bertz CT molecular complexity index is 768. The summed E-state index contributed by atoms with van der Waals surface area (Å²) in [5, 5.41) is 0. The molecule has 2 atom stereocenters. The lowest BCUT2D eigenvalue weighted by Crippen LogP contribution is -2.29. The van der Waals surface area contributed by atoms with E-state index in [-0.39, 0.29) is 17.9 Å². The maximum absolute atomic E-state index is 14.4. The number of halogens is 2. The van der Waals surface area contributed by atoms with Crippen LogP contribution in [0.3, 0.4) is 0 Å². The minimum atomic E-state index is -0.959. The number of unbranched alkanes of at least 4 members (excludes halogenated alkanes) is 1. The van der Waals surface area contributed by atoms with Crippen LogP contribution in [0.2, 0.25) is 0 Å². The quantitative estimate of drug-likeness (QED) is 0.484. The maximum atomic E-state index is 14.4. The fourth-order valence-corrected chi connectivity index (χ4v) is 3.62. The zero-order valence-electron chi connectivity index (χ0n) is 17.3. The van der Waals surface area contributed by atoms with E-state index in [4.69, 9.17) is 14.2 Å². The molecule has 2 unspecified atom stereocenters. The van der Waals surface area contributed by atoms with Crippen LogP contribution in [0.4, 0.5) is 8.78 Å². The lowest BCUT2D eigenvalue weighted by Gasteiger charge is -2.29. The molecule has 1 saturated heterocycles. The van der Waals surface area contributed by atoms with Crippen LogP contribution in [0.1, 0.15) is 46.0 Å². The molecular formula is C24H30F2O3. The Balaban J connectivity index is 1.54. The summed E-state index contributed by atoms with van der Waals surface area (Å²) in [4.78, 5) is 0. The molecule has 0 N–H and O–H groups in total. The molecule has 0 amide bonds. The van der Waals surface area contributed by atoms with Gasteiger partial charge in [0.15, 0.2) is 11.6 Å². The lowest BCUT2D eigenvalue weighted by atomic mass is 9.96. The van der Waals surface area contributed by atoms with Gasteiger partial charge in [-0.2, -0.15) is 4.39 Å². The maximum Gasteiger partial charge on any atom is 0.201 e. The lowest BCUT2D eigenvalue weighted by molar-refractivity contribution is -0.0312. The Morgan fingerprint density at radius 3 is 2.41 bits per heavy atom. The van der Waals surface area contributed by atoms with Gasteiger partial charge >= 0.3 is 0 Å². The summed E-state index contributed by atoms with van der Waals surface area (Å²) in [6, 6.07) is 10.1. The molecule has 0 aromatic heterocycles. The van der Waals surface area contributed by atoms with Crippen molar-refractivity contribution in [1.29, 1.82) is 0 Å². The number of ether oxygens (including phenoxy) is 3. The van der Waals surface area contributed by atoms with Gasteiger partial charge in [-0.25, -0.2) is 4.39 Å². The Hall–Kier alpha value is -2.14. The molecule has 1 aliphatic heterocycles. The third-order valence-electron chi connectivity index (χ3n) is 5.34. The van der Waals surface area contributed by atoms with Gasteiger partial charge in [0.25, 0.3) is 0 Å². The summed E-state index contributed by atoms with van der Waals surface area (Å²) in [5.74, 6) is -0.819. The van der Waals surface area contributed by atoms with Crippen molar-refractivity contribution in [2.24, 2.45) is 5.92 Å². The van der Waals surface area contributed by atoms with E-state index >= 15 is 0 Å². The summed E-state index contributed by atoms with van der Waals surface area (Å²) >= 11 is 0. The van der Waals surface area contributed by atoms with Crippen molar-refractivity contribution < 1.29 is 23.0 Å². The van der Waals surface area contributed by atoms with Gasteiger partial charge in [0.05, 0.1) is 25.9 Å². The zero-order valence-corrected chi connectivity index (χ0v) is 17.3. The number of benzene rings is 2. The average Bonchev–Trinajstić information content (AvgIpc) is 2.75. The minimum Gasteiger partial charge on any atom is -0.493 e. The molecule has 0 saturated carbocycles. The third-order valence-corrected chi connectivity index (χ3v) is 5.34. The number of hydrogen-bond donors (Lipinski definition) is 0. The number of rotatable bonds is 9. The monoisotopic (exact) mass is 404 g/mol. The van der Waals surface area contributed by atoms with Crippen LogP contribution in [0.15, 0.2) is 36.4 Å². The fraction of sp³-hybridized carbons (Fsp3) is 0.500. The van der Waals surface area contributed by atoms with Crippen molar-refractivity contribution in [2.45, 2.75) is 52.1 Å². The predicted molar refractivity (Wildman–Crippen MR) is 110 cm³/mol. The molecule has 3 nitrogen and oxygen atoms in total. The highest BCUT2D eigenvalue weighted by Gasteiger charge is 2.22. The molecule has 1 fully saturated rings. The van der Waals surface area contributed by atoms with Crippen LogP contribution in [0, 0.1) is 17.6 Å². The standard InChI is InChI=1S/C24H30F2O3/c1-3-5-6-19-10-7-17(15-28-19)16-29-20-11-8-18(9-12-20)21-13-14-22(27-4-2)24(26)23(21)25/h8-9,11-14,17,19H,3-7,10,15-16H2,1-2H3. The Morgan fingerprint density at radius 1 is 0.966 bits per heavy atom. The van der Waals surface area contributed by atoms with Crippen molar-refractivity contribution in [3.63, 3.8) is 0 Å². The van der Waals surface area contributed by atoms with Crippen molar-refractivity contribution in [2.75, 3.05) is 19.8 Å². The van der Waals surface area contributed by atoms with E-state index < -0.39 is 11.6 Å².